The number of benzene rings is 2. The lowest BCUT2D eigenvalue weighted by molar-refractivity contribution is -0.132. The minimum atomic E-state index is -0.722. The Kier molecular flexibility index (Phi) is 6.03. The summed E-state index contributed by atoms with van der Waals surface area (Å²) in [4.78, 5) is 26.9. The standard InChI is InChI=1S/C20H17FN2O2S2/c1-13(18(24)22-12-15-5-3-2-4-6-15)23-19(25)17(27-20(23)26)11-14-7-9-16(21)10-8-14/h2-11,13H,12H2,1H3,(H,22,24)/b17-11-. The quantitative estimate of drug-likeness (QED) is 0.614. The first-order valence-electron chi connectivity index (χ1n) is 8.30. The summed E-state index contributed by atoms with van der Waals surface area (Å²) < 4.78 is 13.4. The molecule has 138 valence electrons. The maximum Gasteiger partial charge on any atom is 0.266 e. The molecule has 0 bridgehead atoms. The van der Waals surface area contributed by atoms with E-state index in [1.807, 2.05) is 30.3 Å². The first kappa shape index (κ1) is 19.3. The number of thioether (sulfide) groups is 1. The molecule has 1 atom stereocenters. The lowest BCUT2D eigenvalue weighted by atomic mass is 10.2. The fourth-order valence-corrected chi connectivity index (χ4v) is 3.99. The van der Waals surface area contributed by atoms with E-state index in [4.69, 9.17) is 12.2 Å². The molecular formula is C20H17FN2O2S2. The third-order valence-electron chi connectivity index (χ3n) is 4.07. The van der Waals surface area contributed by atoms with Gasteiger partial charge in [-0.2, -0.15) is 0 Å². The number of carbonyl (C=O) groups is 2. The molecule has 1 unspecified atom stereocenters. The predicted octanol–water partition coefficient (Wildman–Crippen LogP) is 3.73. The molecule has 7 heteroatoms. The van der Waals surface area contributed by atoms with E-state index >= 15 is 0 Å². The zero-order valence-electron chi connectivity index (χ0n) is 14.5. The molecule has 27 heavy (non-hydrogen) atoms. The number of carbonyl (C=O) groups excluding carboxylic acids is 2. The van der Waals surface area contributed by atoms with Crippen LogP contribution in [0.4, 0.5) is 4.39 Å². The van der Waals surface area contributed by atoms with Crippen LogP contribution in [0.3, 0.4) is 0 Å². The van der Waals surface area contributed by atoms with E-state index in [9.17, 15) is 14.0 Å². The molecule has 0 saturated carbocycles. The van der Waals surface area contributed by atoms with Crippen LogP contribution in [0, 0.1) is 5.82 Å². The molecule has 0 spiro atoms. The number of nitrogens with zero attached hydrogens (tertiary/aromatic N) is 1. The van der Waals surface area contributed by atoms with Gasteiger partial charge in [-0.05, 0) is 36.3 Å². The number of rotatable bonds is 5. The SMILES string of the molecule is CC(C(=O)NCc1ccccc1)N1C(=O)/C(=C/c2ccc(F)cc2)SC1=S. The van der Waals surface area contributed by atoms with E-state index in [1.54, 1.807) is 25.1 Å². The third-order valence-corrected chi connectivity index (χ3v) is 5.40. The van der Waals surface area contributed by atoms with Gasteiger partial charge < -0.3 is 5.32 Å². The van der Waals surface area contributed by atoms with E-state index in [0.29, 0.717) is 21.3 Å². The summed E-state index contributed by atoms with van der Waals surface area (Å²) in [5.41, 5.74) is 1.66. The van der Waals surface area contributed by atoms with Crippen molar-refractivity contribution >= 4 is 46.2 Å². The molecule has 4 nitrogen and oxygen atoms in total. The van der Waals surface area contributed by atoms with Gasteiger partial charge in [0.25, 0.3) is 5.91 Å². The van der Waals surface area contributed by atoms with Crippen LogP contribution >= 0.6 is 24.0 Å². The molecule has 1 saturated heterocycles. The molecule has 0 aromatic heterocycles. The van der Waals surface area contributed by atoms with Crippen LogP contribution in [0.1, 0.15) is 18.1 Å². The van der Waals surface area contributed by atoms with Crippen LogP contribution in [-0.4, -0.2) is 27.1 Å². The Bertz CT molecular complexity index is 898. The zero-order chi connectivity index (χ0) is 19.4. The second-order valence-corrected chi connectivity index (χ2v) is 7.66. The molecular weight excluding hydrogens is 383 g/mol. The molecule has 0 aliphatic carbocycles. The monoisotopic (exact) mass is 400 g/mol. The summed E-state index contributed by atoms with van der Waals surface area (Å²) >= 11 is 6.43. The Morgan fingerprint density at radius 1 is 1.22 bits per heavy atom. The average molecular weight is 401 g/mol. The van der Waals surface area contributed by atoms with Crippen molar-refractivity contribution in [2.45, 2.75) is 19.5 Å². The second kappa shape index (κ2) is 8.45. The van der Waals surface area contributed by atoms with E-state index in [-0.39, 0.29) is 17.6 Å². The third kappa shape index (κ3) is 4.61. The maximum atomic E-state index is 13.0. The summed E-state index contributed by atoms with van der Waals surface area (Å²) in [5, 5.41) is 2.82. The lowest BCUT2D eigenvalue weighted by Gasteiger charge is -2.22. The predicted molar refractivity (Wildman–Crippen MR) is 109 cm³/mol. The van der Waals surface area contributed by atoms with Crippen LogP contribution < -0.4 is 5.32 Å². The van der Waals surface area contributed by atoms with Crippen LogP contribution in [0.25, 0.3) is 6.08 Å². The minimum Gasteiger partial charge on any atom is -0.350 e. The Balaban J connectivity index is 1.68. The lowest BCUT2D eigenvalue weighted by Crippen LogP contribution is -2.46. The molecule has 1 aliphatic rings. The van der Waals surface area contributed by atoms with E-state index in [0.717, 1.165) is 17.3 Å². The Morgan fingerprint density at radius 2 is 1.89 bits per heavy atom. The highest BCUT2D eigenvalue weighted by atomic mass is 32.2. The second-order valence-electron chi connectivity index (χ2n) is 5.98. The minimum absolute atomic E-state index is 0.279. The van der Waals surface area contributed by atoms with E-state index in [1.165, 1.54) is 17.0 Å². The number of nitrogens with one attached hydrogen (secondary N) is 1. The molecule has 1 fully saturated rings. The number of hydrogen-bond acceptors (Lipinski definition) is 4. The van der Waals surface area contributed by atoms with Crippen LogP contribution in [0.15, 0.2) is 59.5 Å². The van der Waals surface area contributed by atoms with Gasteiger partial charge in [0.15, 0.2) is 0 Å². The van der Waals surface area contributed by atoms with Gasteiger partial charge in [0.2, 0.25) is 5.91 Å². The van der Waals surface area contributed by atoms with Crippen LogP contribution in [0.2, 0.25) is 0 Å². The van der Waals surface area contributed by atoms with Gasteiger partial charge in [0.1, 0.15) is 16.2 Å². The average Bonchev–Trinajstić information content (AvgIpc) is 2.95. The van der Waals surface area contributed by atoms with Crippen molar-refractivity contribution < 1.29 is 14.0 Å². The van der Waals surface area contributed by atoms with Crippen molar-refractivity contribution in [3.63, 3.8) is 0 Å². The number of hydrogen-bond donors (Lipinski definition) is 1. The highest BCUT2D eigenvalue weighted by molar-refractivity contribution is 8.26. The topological polar surface area (TPSA) is 49.4 Å². The van der Waals surface area contributed by atoms with E-state index < -0.39 is 6.04 Å². The van der Waals surface area contributed by atoms with Crippen molar-refractivity contribution in [2.24, 2.45) is 0 Å². The smallest absolute Gasteiger partial charge is 0.266 e. The Morgan fingerprint density at radius 3 is 2.56 bits per heavy atom. The molecule has 1 aliphatic heterocycles. The van der Waals surface area contributed by atoms with Crippen molar-refractivity contribution in [3.8, 4) is 0 Å². The highest BCUT2D eigenvalue weighted by Gasteiger charge is 2.38. The Labute approximate surface area is 166 Å². The number of thiocarbonyl (C=S) groups is 1. The van der Waals surface area contributed by atoms with Crippen LogP contribution in [-0.2, 0) is 16.1 Å². The maximum absolute atomic E-state index is 13.0. The van der Waals surface area contributed by atoms with Gasteiger partial charge in [0, 0.05) is 6.54 Å². The van der Waals surface area contributed by atoms with Crippen LogP contribution in [0.5, 0.6) is 0 Å². The first-order valence-corrected chi connectivity index (χ1v) is 9.52. The summed E-state index contributed by atoms with van der Waals surface area (Å²) in [6.07, 6.45) is 1.65. The summed E-state index contributed by atoms with van der Waals surface area (Å²) in [5.74, 6) is -0.946. The Hall–Kier alpha value is -2.51. The van der Waals surface area contributed by atoms with Crippen molar-refractivity contribution in [1.29, 1.82) is 0 Å². The van der Waals surface area contributed by atoms with Gasteiger partial charge in [-0.25, -0.2) is 4.39 Å². The van der Waals surface area contributed by atoms with Crippen molar-refractivity contribution in [2.75, 3.05) is 0 Å². The number of amides is 2. The summed E-state index contributed by atoms with van der Waals surface area (Å²) in [7, 11) is 0. The van der Waals surface area contributed by atoms with Gasteiger partial charge in [0.05, 0.1) is 4.91 Å². The summed E-state index contributed by atoms with van der Waals surface area (Å²) in [6, 6.07) is 14.6. The molecule has 2 aromatic rings. The van der Waals surface area contributed by atoms with Gasteiger partial charge >= 0.3 is 0 Å². The molecule has 2 aromatic carbocycles. The van der Waals surface area contributed by atoms with Gasteiger partial charge in [-0.1, -0.05) is 66.4 Å². The highest BCUT2D eigenvalue weighted by Crippen LogP contribution is 2.34. The fraction of sp³-hybridized carbons (Fsp3) is 0.150. The molecule has 0 radical (unpaired) electrons. The molecule has 2 amide bonds. The first-order chi connectivity index (χ1) is 13.0. The van der Waals surface area contributed by atoms with Gasteiger partial charge in [-0.15, -0.1) is 0 Å². The fourth-order valence-electron chi connectivity index (χ4n) is 2.57. The van der Waals surface area contributed by atoms with Crippen molar-refractivity contribution in [3.05, 3.63) is 76.4 Å². The van der Waals surface area contributed by atoms with E-state index in [2.05, 4.69) is 5.32 Å². The normalized spacial score (nSPS) is 16.7. The number of halogens is 1. The molecule has 3 rings (SSSR count). The molecule has 1 N–H and O–H groups in total. The zero-order valence-corrected chi connectivity index (χ0v) is 16.1. The molecule has 1 heterocycles. The van der Waals surface area contributed by atoms with Crippen molar-refractivity contribution in [1.82, 2.24) is 10.2 Å². The van der Waals surface area contributed by atoms with Gasteiger partial charge in [-0.3, -0.25) is 14.5 Å². The largest absolute Gasteiger partial charge is 0.350 e. The summed E-state index contributed by atoms with van der Waals surface area (Å²) in [6.45, 7) is 2.02.